The molecule has 0 saturated heterocycles. The monoisotopic (exact) mass is 285 g/mol. The minimum atomic E-state index is -3.75. The van der Waals surface area contributed by atoms with Crippen LogP contribution in [0.2, 0.25) is 0 Å². The average molecular weight is 285 g/mol. The van der Waals surface area contributed by atoms with E-state index in [9.17, 15) is 13.2 Å². The smallest absolute Gasteiger partial charge is 0.245 e. The van der Waals surface area contributed by atoms with Crippen molar-refractivity contribution >= 4 is 10.0 Å². The normalized spacial score (nSPS) is 17.6. The molecule has 1 unspecified atom stereocenters. The first-order valence-electron chi connectivity index (χ1n) is 6.30. The number of nitrogens with zero attached hydrogens (tertiary/aromatic N) is 1. The number of pyridine rings is 1. The van der Waals surface area contributed by atoms with Crippen LogP contribution in [0.1, 0.15) is 19.8 Å². The Morgan fingerprint density at radius 1 is 1.53 bits per heavy atom. The minimum Gasteiger partial charge on any atom is -0.366 e. The fourth-order valence-corrected chi connectivity index (χ4v) is 3.08. The maximum Gasteiger partial charge on any atom is 0.245 e. The predicted octanol–water partition coefficient (Wildman–Crippen LogP) is 0.136. The van der Waals surface area contributed by atoms with Crippen molar-refractivity contribution in [1.82, 2.24) is 14.6 Å². The molecule has 1 atom stereocenters. The van der Waals surface area contributed by atoms with Crippen LogP contribution >= 0.6 is 0 Å². The summed E-state index contributed by atoms with van der Waals surface area (Å²) in [5.41, 5.74) is -0.505. The molecule has 0 bridgehead atoms. The van der Waals surface area contributed by atoms with E-state index in [1.807, 2.05) is 14.0 Å². The fourth-order valence-electron chi connectivity index (χ4n) is 1.90. The van der Waals surface area contributed by atoms with Gasteiger partial charge in [0, 0.05) is 37.1 Å². The summed E-state index contributed by atoms with van der Waals surface area (Å²) in [7, 11) is -1.75. The lowest BCUT2D eigenvalue weighted by Crippen LogP contribution is -2.41. The van der Waals surface area contributed by atoms with Crippen LogP contribution in [0.15, 0.2) is 28.2 Å². The molecular weight excluding hydrogens is 266 g/mol. The van der Waals surface area contributed by atoms with Crippen molar-refractivity contribution in [3.05, 3.63) is 28.7 Å². The van der Waals surface area contributed by atoms with E-state index >= 15 is 0 Å². The topological polar surface area (TPSA) is 82.3 Å². The minimum absolute atomic E-state index is 0.102. The highest BCUT2D eigenvalue weighted by Gasteiger charge is 2.29. The molecule has 2 rings (SSSR count). The summed E-state index contributed by atoms with van der Waals surface area (Å²) >= 11 is 0. The van der Waals surface area contributed by atoms with Gasteiger partial charge < -0.3 is 4.98 Å². The van der Waals surface area contributed by atoms with Crippen LogP contribution in [-0.2, 0) is 10.0 Å². The van der Waals surface area contributed by atoms with Gasteiger partial charge in [0.15, 0.2) is 0 Å². The third-order valence-electron chi connectivity index (χ3n) is 3.46. The van der Waals surface area contributed by atoms with Crippen LogP contribution in [-0.4, -0.2) is 44.0 Å². The highest BCUT2D eigenvalue weighted by atomic mass is 32.2. The first-order valence-corrected chi connectivity index (χ1v) is 7.79. The highest BCUT2D eigenvalue weighted by molar-refractivity contribution is 7.89. The van der Waals surface area contributed by atoms with Gasteiger partial charge in [0.05, 0.1) is 0 Å². The molecule has 106 valence electrons. The molecule has 1 aliphatic carbocycles. The summed E-state index contributed by atoms with van der Waals surface area (Å²) in [6, 6.07) is 1.87. The molecule has 2 N–H and O–H groups in total. The van der Waals surface area contributed by atoms with Crippen molar-refractivity contribution in [1.29, 1.82) is 0 Å². The van der Waals surface area contributed by atoms with E-state index < -0.39 is 15.5 Å². The lowest BCUT2D eigenvalue weighted by molar-refractivity contribution is 0.248. The number of hydrogen-bond donors (Lipinski definition) is 2. The van der Waals surface area contributed by atoms with Gasteiger partial charge in [0.25, 0.3) is 0 Å². The van der Waals surface area contributed by atoms with E-state index in [4.69, 9.17) is 0 Å². The van der Waals surface area contributed by atoms with E-state index in [2.05, 4.69) is 14.6 Å². The average Bonchev–Trinajstić information content (AvgIpc) is 3.19. The molecule has 19 heavy (non-hydrogen) atoms. The Morgan fingerprint density at radius 3 is 2.79 bits per heavy atom. The van der Waals surface area contributed by atoms with Crippen molar-refractivity contribution in [2.75, 3.05) is 13.6 Å². The maximum atomic E-state index is 12.0. The molecule has 0 radical (unpaired) electrons. The lowest BCUT2D eigenvalue weighted by Gasteiger charge is -2.24. The van der Waals surface area contributed by atoms with Gasteiger partial charge in [-0.15, -0.1) is 0 Å². The molecule has 1 heterocycles. The molecule has 0 amide bonds. The molecule has 1 aromatic rings. The number of H-pyrrole nitrogens is 1. The second-order valence-corrected chi connectivity index (χ2v) is 6.71. The molecule has 1 saturated carbocycles. The van der Waals surface area contributed by atoms with Crippen molar-refractivity contribution in [2.45, 2.75) is 36.7 Å². The van der Waals surface area contributed by atoms with Gasteiger partial charge in [-0.25, -0.2) is 13.1 Å². The van der Waals surface area contributed by atoms with Gasteiger partial charge in [0.1, 0.15) is 4.90 Å². The first kappa shape index (κ1) is 14.2. The Bertz CT molecular complexity index is 592. The van der Waals surface area contributed by atoms with E-state index in [-0.39, 0.29) is 10.9 Å². The summed E-state index contributed by atoms with van der Waals surface area (Å²) in [5, 5.41) is 0. The lowest BCUT2D eigenvalue weighted by atomic mass is 10.3. The molecule has 7 heteroatoms. The number of sulfonamides is 1. The fraction of sp³-hybridized carbons (Fsp3) is 0.583. The molecule has 1 aromatic heterocycles. The van der Waals surface area contributed by atoms with Crippen molar-refractivity contribution in [3.8, 4) is 0 Å². The highest BCUT2D eigenvalue weighted by Crippen LogP contribution is 2.26. The number of aromatic nitrogens is 1. The van der Waals surface area contributed by atoms with Crippen LogP contribution in [0.3, 0.4) is 0 Å². The zero-order chi connectivity index (χ0) is 14.0. The van der Waals surface area contributed by atoms with Gasteiger partial charge in [-0.05, 0) is 26.8 Å². The van der Waals surface area contributed by atoms with Gasteiger partial charge in [-0.2, -0.15) is 0 Å². The van der Waals surface area contributed by atoms with Crippen molar-refractivity contribution in [2.24, 2.45) is 0 Å². The summed E-state index contributed by atoms with van der Waals surface area (Å²) in [6.07, 6.45) is 4.96. The third kappa shape index (κ3) is 3.43. The summed E-state index contributed by atoms with van der Waals surface area (Å²) in [5.74, 6) is 0. The predicted molar refractivity (Wildman–Crippen MR) is 72.5 cm³/mol. The van der Waals surface area contributed by atoms with E-state index in [0.717, 1.165) is 0 Å². The van der Waals surface area contributed by atoms with Crippen molar-refractivity contribution < 1.29 is 8.42 Å². The molecule has 0 aromatic carbocycles. The molecular formula is C12H19N3O3S. The van der Waals surface area contributed by atoms with E-state index in [0.29, 0.717) is 12.6 Å². The van der Waals surface area contributed by atoms with Crippen LogP contribution in [0.25, 0.3) is 0 Å². The summed E-state index contributed by atoms with van der Waals surface area (Å²) < 4.78 is 26.5. The second-order valence-electron chi connectivity index (χ2n) is 4.97. The van der Waals surface area contributed by atoms with E-state index in [1.54, 1.807) is 0 Å². The Labute approximate surface area is 112 Å². The van der Waals surface area contributed by atoms with Crippen LogP contribution < -0.4 is 10.2 Å². The van der Waals surface area contributed by atoms with Gasteiger partial charge >= 0.3 is 0 Å². The first-order chi connectivity index (χ1) is 8.92. The molecule has 1 fully saturated rings. The largest absolute Gasteiger partial charge is 0.366 e. The molecule has 6 nitrogen and oxygen atoms in total. The molecule has 0 spiro atoms. The second kappa shape index (κ2) is 5.44. The molecule has 0 aliphatic heterocycles. The number of hydrogen-bond acceptors (Lipinski definition) is 4. The molecule has 1 aliphatic rings. The van der Waals surface area contributed by atoms with Crippen LogP contribution in [0.4, 0.5) is 0 Å². The Kier molecular flexibility index (Phi) is 4.07. The Morgan fingerprint density at radius 2 is 2.21 bits per heavy atom. The standard InChI is InChI=1S/C12H19N3O3S/c1-9(15(2)10-3-4-10)7-14-19(17,18)12-8-13-6-5-11(12)16/h5-6,8-10,14H,3-4,7H2,1-2H3,(H,13,16). The van der Waals surface area contributed by atoms with Gasteiger partial charge in [-0.1, -0.05) is 0 Å². The number of rotatable bonds is 6. The SMILES string of the molecule is CC(CNS(=O)(=O)c1c[nH]ccc1=O)N(C)C1CC1. The number of nitrogens with one attached hydrogen (secondary N) is 2. The zero-order valence-electron chi connectivity index (χ0n) is 11.1. The maximum absolute atomic E-state index is 12.0. The van der Waals surface area contributed by atoms with Gasteiger partial charge in [0.2, 0.25) is 15.5 Å². The van der Waals surface area contributed by atoms with E-state index in [1.165, 1.54) is 31.3 Å². The Hall–Kier alpha value is -1.18. The number of likely N-dealkylation sites (N-methyl/N-ethyl adjacent to an activating group) is 1. The quantitative estimate of drug-likeness (QED) is 0.778. The van der Waals surface area contributed by atoms with Crippen molar-refractivity contribution in [3.63, 3.8) is 0 Å². The zero-order valence-corrected chi connectivity index (χ0v) is 11.9. The Balaban J connectivity index is 2.02. The summed E-state index contributed by atoms with van der Waals surface area (Å²) in [6.45, 7) is 2.26. The third-order valence-corrected chi connectivity index (χ3v) is 4.91. The van der Waals surface area contributed by atoms with Crippen LogP contribution in [0.5, 0.6) is 0 Å². The number of aromatic amines is 1. The summed E-state index contributed by atoms with van der Waals surface area (Å²) in [4.78, 5) is 16.1. The van der Waals surface area contributed by atoms with Crippen LogP contribution in [0, 0.1) is 0 Å². The van der Waals surface area contributed by atoms with Gasteiger partial charge in [-0.3, -0.25) is 9.69 Å².